The number of rotatable bonds is 4. The van der Waals surface area contributed by atoms with Crippen LogP contribution in [0.3, 0.4) is 0 Å². The van der Waals surface area contributed by atoms with E-state index in [1.165, 1.54) is 11.3 Å². The van der Waals surface area contributed by atoms with Crippen molar-refractivity contribution in [3.63, 3.8) is 0 Å². The number of nitrogens with zero attached hydrogens (tertiary/aromatic N) is 2. The van der Waals surface area contributed by atoms with Gasteiger partial charge in [-0.05, 0) is 50.2 Å². The van der Waals surface area contributed by atoms with Crippen molar-refractivity contribution in [1.82, 2.24) is 9.47 Å². The summed E-state index contributed by atoms with van der Waals surface area (Å²) in [5.74, 6) is 0.706. The number of aryl methyl sites for hydroxylation is 1. The Kier molecular flexibility index (Phi) is 4.45. The van der Waals surface area contributed by atoms with Gasteiger partial charge in [-0.3, -0.25) is 4.90 Å². The van der Waals surface area contributed by atoms with Crippen LogP contribution in [-0.2, 0) is 19.5 Å². The normalized spacial score (nSPS) is 17.5. The third kappa shape index (κ3) is 2.88. The van der Waals surface area contributed by atoms with Crippen LogP contribution in [0.2, 0.25) is 0 Å². The summed E-state index contributed by atoms with van der Waals surface area (Å²) in [5, 5.41) is 1.08. The second-order valence-electron chi connectivity index (χ2n) is 7.29. The Morgan fingerprint density at radius 1 is 1.15 bits per heavy atom. The number of hydrogen-bond donors (Lipinski definition) is 0. The number of aromatic nitrogens is 1. The number of hydrogen-bond acceptors (Lipinski definition) is 2. The van der Waals surface area contributed by atoms with Crippen molar-refractivity contribution in [3.05, 3.63) is 65.1 Å². The monoisotopic (exact) mass is 352 g/mol. The van der Waals surface area contributed by atoms with E-state index in [0.29, 0.717) is 19.2 Å². The number of halogens is 1. The van der Waals surface area contributed by atoms with E-state index in [9.17, 15) is 4.39 Å². The lowest BCUT2D eigenvalue weighted by Crippen LogP contribution is -2.35. The molecule has 26 heavy (non-hydrogen) atoms. The maximum atomic E-state index is 14.8. The molecule has 1 aliphatic heterocycles. The second kappa shape index (κ2) is 6.76. The summed E-state index contributed by atoms with van der Waals surface area (Å²) in [6.45, 7) is 6.35. The van der Waals surface area contributed by atoms with Crippen molar-refractivity contribution in [2.24, 2.45) is 0 Å². The summed E-state index contributed by atoms with van der Waals surface area (Å²) in [6.07, 6.45) is 0.935. The van der Waals surface area contributed by atoms with E-state index in [1.807, 2.05) is 36.4 Å². The largest absolute Gasteiger partial charge is 0.492 e. The zero-order valence-electron chi connectivity index (χ0n) is 15.6. The molecule has 0 aliphatic carbocycles. The van der Waals surface area contributed by atoms with Crippen molar-refractivity contribution in [2.75, 3.05) is 13.7 Å². The minimum atomic E-state index is -0.144. The SMILES string of the molecule is Cc1ccc(F)c2c1c1c(n2CCOc2ccccc2)CC(C)N(C)C1. The molecule has 1 aromatic heterocycles. The van der Waals surface area contributed by atoms with E-state index in [0.717, 1.165) is 35.2 Å². The summed E-state index contributed by atoms with van der Waals surface area (Å²) in [6, 6.07) is 13.7. The average molecular weight is 352 g/mol. The zero-order chi connectivity index (χ0) is 18.3. The highest BCUT2D eigenvalue weighted by atomic mass is 19.1. The standard InChI is InChI=1S/C22H25FN2O/c1-15-9-10-19(23)22-21(15)18-14-24(3)16(2)13-20(18)25(22)11-12-26-17-7-5-4-6-8-17/h4-10,16H,11-14H2,1-3H3. The van der Waals surface area contributed by atoms with Crippen LogP contribution >= 0.6 is 0 Å². The molecule has 1 aliphatic rings. The van der Waals surface area contributed by atoms with Gasteiger partial charge in [0.15, 0.2) is 0 Å². The van der Waals surface area contributed by atoms with Crippen LogP contribution in [0.4, 0.5) is 4.39 Å². The first-order chi connectivity index (χ1) is 12.6. The van der Waals surface area contributed by atoms with Gasteiger partial charge in [0, 0.05) is 30.1 Å². The summed E-state index contributed by atoms with van der Waals surface area (Å²) < 4.78 is 22.8. The molecule has 0 saturated carbocycles. The fraction of sp³-hybridized carbons (Fsp3) is 0.364. The predicted octanol–water partition coefficient (Wildman–Crippen LogP) is 4.54. The van der Waals surface area contributed by atoms with Gasteiger partial charge >= 0.3 is 0 Å². The van der Waals surface area contributed by atoms with E-state index in [1.54, 1.807) is 6.07 Å². The molecule has 3 aromatic rings. The summed E-state index contributed by atoms with van der Waals surface area (Å²) in [4.78, 5) is 2.34. The lowest BCUT2D eigenvalue weighted by atomic mass is 9.98. The van der Waals surface area contributed by atoms with Gasteiger partial charge in [-0.1, -0.05) is 24.3 Å². The molecule has 0 radical (unpaired) electrons. The number of benzene rings is 2. The van der Waals surface area contributed by atoms with Crippen LogP contribution < -0.4 is 4.74 Å². The first-order valence-electron chi connectivity index (χ1n) is 9.23. The van der Waals surface area contributed by atoms with Crippen molar-refractivity contribution in [3.8, 4) is 5.75 Å². The van der Waals surface area contributed by atoms with Gasteiger partial charge in [0.2, 0.25) is 0 Å². The lowest BCUT2D eigenvalue weighted by Gasteiger charge is -2.31. The van der Waals surface area contributed by atoms with Gasteiger partial charge in [-0.25, -0.2) is 4.39 Å². The van der Waals surface area contributed by atoms with Gasteiger partial charge in [-0.2, -0.15) is 0 Å². The van der Waals surface area contributed by atoms with Crippen LogP contribution in [0.5, 0.6) is 5.75 Å². The minimum Gasteiger partial charge on any atom is -0.492 e. The first-order valence-corrected chi connectivity index (χ1v) is 9.23. The van der Waals surface area contributed by atoms with Gasteiger partial charge in [-0.15, -0.1) is 0 Å². The topological polar surface area (TPSA) is 17.4 Å². The Labute approximate surface area is 154 Å². The molecule has 1 unspecified atom stereocenters. The fourth-order valence-electron chi connectivity index (χ4n) is 4.02. The third-order valence-corrected chi connectivity index (χ3v) is 5.56. The highest BCUT2D eigenvalue weighted by Gasteiger charge is 2.28. The molecule has 3 nitrogen and oxygen atoms in total. The minimum absolute atomic E-state index is 0.144. The molecule has 0 bridgehead atoms. The molecule has 0 amide bonds. The molecule has 4 rings (SSSR count). The Hall–Kier alpha value is -2.33. The quantitative estimate of drug-likeness (QED) is 0.686. The highest BCUT2D eigenvalue weighted by molar-refractivity contribution is 5.89. The van der Waals surface area contributed by atoms with E-state index in [-0.39, 0.29) is 5.82 Å². The van der Waals surface area contributed by atoms with E-state index in [4.69, 9.17) is 4.74 Å². The zero-order valence-corrected chi connectivity index (χ0v) is 15.6. The van der Waals surface area contributed by atoms with E-state index >= 15 is 0 Å². The Morgan fingerprint density at radius 2 is 1.92 bits per heavy atom. The molecular formula is C22H25FN2O. The molecule has 136 valence electrons. The van der Waals surface area contributed by atoms with Crippen molar-refractivity contribution in [1.29, 1.82) is 0 Å². The summed E-state index contributed by atoms with van der Waals surface area (Å²) in [7, 11) is 2.14. The average Bonchev–Trinajstić information content (AvgIpc) is 2.94. The number of fused-ring (bicyclic) bond motifs is 3. The van der Waals surface area contributed by atoms with Crippen LogP contribution in [-0.4, -0.2) is 29.2 Å². The maximum Gasteiger partial charge on any atom is 0.147 e. The van der Waals surface area contributed by atoms with Crippen molar-refractivity contribution < 1.29 is 9.13 Å². The number of likely N-dealkylation sites (N-methyl/N-ethyl adjacent to an activating group) is 1. The molecule has 0 fully saturated rings. The fourth-order valence-corrected chi connectivity index (χ4v) is 4.02. The van der Waals surface area contributed by atoms with Gasteiger partial charge in [0.25, 0.3) is 0 Å². The molecular weight excluding hydrogens is 327 g/mol. The van der Waals surface area contributed by atoms with E-state index in [2.05, 4.69) is 30.4 Å². The maximum absolute atomic E-state index is 14.8. The smallest absolute Gasteiger partial charge is 0.147 e. The van der Waals surface area contributed by atoms with Gasteiger partial charge < -0.3 is 9.30 Å². The molecule has 1 atom stereocenters. The molecule has 0 saturated heterocycles. The Morgan fingerprint density at radius 3 is 2.69 bits per heavy atom. The second-order valence-corrected chi connectivity index (χ2v) is 7.29. The summed E-state index contributed by atoms with van der Waals surface area (Å²) >= 11 is 0. The molecule has 2 heterocycles. The van der Waals surface area contributed by atoms with E-state index < -0.39 is 0 Å². The Balaban J connectivity index is 1.73. The van der Waals surface area contributed by atoms with Gasteiger partial charge in [0.05, 0.1) is 12.1 Å². The highest BCUT2D eigenvalue weighted by Crippen LogP contribution is 2.35. The Bertz CT molecular complexity index is 932. The van der Waals surface area contributed by atoms with Crippen LogP contribution in [0.25, 0.3) is 10.9 Å². The number of para-hydroxylation sites is 1. The summed E-state index contributed by atoms with van der Waals surface area (Å²) in [5.41, 5.74) is 4.41. The number of ether oxygens (including phenoxy) is 1. The predicted molar refractivity (Wildman–Crippen MR) is 103 cm³/mol. The van der Waals surface area contributed by atoms with Crippen LogP contribution in [0, 0.1) is 12.7 Å². The van der Waals surface area contributed by atoms with Crippen molar-refractivity contribution >= 4 is 10.9 Å². The molecule has 0 spiro atoms. The van der Waals surface area contributed by atoms with Crippen LogP contribution in [0.15, 0.2) is 42.5 Å². The molecule has 0 N–H and O–H groups in total. The van der Waals surface area contributed by atoms with Gasteiger partial charge in [0.1, 0.15) is 18.2 Å². The molecule has 4 heteroatoms. The lowest BCUT2D eigenvalue weighted by molar-refractivity contribution is 0.225. The van der Waals surface area contributed by atoms with Crippen LogP contribution in [0.1, 0.15) is 23.7 Å². The molecule has 2 aromatic carbocycles. The van der Waals surface area contributed by atoms with Crippen molar-refractivity contribution in [2.45, 2.75) is 39.4 Å². The first kappa shape index (κ1) is 17.1. The third-order valence-electron chi connectivity index (χ3n) is 5.56.